The zero-order valence-electron chi connectivity index (χ0n) is 20.5. The van der Waals surface area contributed by atoms with Crippen molar-refractivity contribution < 1.29 is 51.0 Å². The van der Waals surface area contributed by atoms with Crippen LogP contribution in [-0.4, -0.2) is 8.07 Å². The van der Waals surface area contributed by atoms with Gasteiger partial charge < -0.3 is 24.8 Å². The van der Waals surface area contributed by atoms with Gasteiger partial charge in [-0.3, -0.25) is 0 Å². The summed E-state index contributed by atoms with van der Waals surface area (Å²) in [5, 5.41) is 9.44. The molecule has 0 atom stereocenters. The predicted octanol–water partition coefficient (Wildman–Crippen LogP) is 0.792. The first-order chi connectivity index (χ1) is 13.4. The van der Waals surface area contributed by atoms with E-state index < -0.39 is 8.07 Å². The van der Waals surface area contributed by atoms with E-state index in [0.29, 0.717) is 0 Å². The van der Waals surface area contributed by atoms with Crippen LogP contribution in [0.2, 0.25) is 13.1 Å². The van der Waals surface area contributed by atoms with E-state index in [-0.39, 0.29) is 61.8 Å². The third-order valence-electron chi connectivity index (χ3n) is 7.06. The third-order valence-corrected chi connectivity index (χ3v) is 10.3. The van der Waals surface area contributed by atoms with Gasteiger partial charge in [0, 0.05) is 0 Å². The molecule has 167 valence electrons. The van der Waals surface area contributed by atoms with E-state index in [1.807, 2.05) is 0 Å². The van der Waals surface area contributed by atoms with Crippen molar-refractivity contribution in [3.8, 4) is 0 Å². The van der Waals surface area contributed by atoms with Gasteiger partial charge in [0.05, 0.1) is 0 Å². The zero-order valence-corrected chi connectivity index (χ0v) is 25.5. The Bertz CT molecular complexity index is 1260. The molecule has 1 heterocycles. The molecule has 1 aliphatic heterocycles. The van der Waals surface area contributed by atoms with E-state index >= 15 is 0 Å². The van der Waals surface area contributed by atoms with E-state index in [4.69, 9.17) is 0 Å². The van der Waals surface area contributed by atoms with Gasteiger partial charge in [0.15, 0.2) is 0 Å². The van der Waals surface area contributed by atoms with E-state index in [9.17, 15) is 0 Å². The monoisotopic (exact) mass is 557 g/mol. The molecule has 0 spiro atoms. The van der Waals surface area contributed by atoms with Crippen LogP contribution in [0, 0.1) is 0 Å². The first kappa shape index (κ1) is 27.7. The molecular formula is C28H33Cl2SiZr. The summed E-state index contributed by atoms with van der Waals surface area (Å²) in [4.78, 5) is 0. The Hall–Kier alpha value is -0.530. The van der Waals surface area contributed by atoms with Crippen molar-refractivity contribution in [2.45, 2.75) is 71.9 Å². The standard InChI is InChI=1S/C28H33Si.2ClH.Zr/c1-27(2,3)19-13-14-20-18(15-19)16-21-22(17-11-9-10-12-17)24(28(4,5)6)26-25(23(20)21)29(26,7)8;;;/h9-11,13-16H,12H2,1-8H3;2*1H;/q-1;;;+3/p-2. The molecule has 3 aromatic carbocycles. The maximum Gasteiger partial charge on any atom is 3.00 e. The fourth-order valence-corrected chi connectivity index (χ4v) is 9.49. The van der Waals surface area contributed by atoms with Crippen LogP contribution in [0.25, 0.3) is 27.1 Å². The minimum Gasteiger partial charge on any atom is -1.00 e. The number of halogens is 2. The maximum absolute atomic E-state index is 2.56. The van der Waals surface area contributed by atoms with Crippen molar-refractivity contribution in [1.29, 1.82) is 0 Å². The van der Waals surface area contributed by atoms with Crippen molar-refractivity contribution in [1.82, 2.24) is 0 Å². The summed E-state index contributed by atoms with van der Waals surface area (Å²) in [6.45, 7) is 19.3. The van der Waals surface area contributed by atoms with Crippen LogP contribution in [0.3, 0.4) is 0 Å². The van der Waals surface area contributed by atoms with Gasteiger partial charge in [-0.1, -0.05) is 118 Å². The fraction of sp³-hybridized carbons (Fsp3) is 0.393. The Morgan fingerprint density at radius 3 is 2.09 bits per heavy atom. The van der Waals surface area contributed by atoms with Crippen LogP contribution in [0.5, 0.6) is 0 Å². The van der Waals surface area contributed by atoms with Gasteiger partial charge in [-0.15, -0.1) is 33.7 Å². The molecule has 0 bridgehead atoms. The smallest absolute Gasteiger partial charge is 1.00 e. The second-order valence-corrected chi connectivity index (χ2v) is 15.9. The van der Waals surface area contributed by atoms with Crippen molar-refractivity contribution in [3.63, 3.8) is 0 Å². The van der Waals surface area contributed by atoms with Crippen LogP contribution in [0.4, 0.5) is 0 Å². The normalized spacial score (nSPS) is 16.2. The number of benzene rings is 2. The zero-order chi connectivity index (χ0) is 20.9. The van der Waals surface area contributed by atoms with Crippen LogP contribution in [-0.2, 0) is 37.0 Å². The number of hydrogen-bond acceptors (Lipinski definition) is 0. The fourth-order valence-electron chi connectivity index (χ4n) is 5.54. The molecule has 1 aliphatic carbocycles. The third kappa shape index (κ3) is 3.98. The molecule has 5 rings (SSSR count). The second kappa shape index (κ2) is 8.60. The average molecular weight is 560 g/mol. The first-order valence-corrected chi connectivity index (χ1v) is 14.0. The van der Waals surface area contributed by atoms with Crippen LogP contribution < -0.4 is 35.2 Å². The summed E-state index contributed by atoms with van der Waals surface area (Å²) in [5.41, 5.74) is 6.46. The van der Waals surface area contributed by atoms with Gasteiger partial charge in [0.1, 0.15) is 8.07 Å². The number of hydrogen-bond donors (Lipinski definition) is 0. The van der Waals surface area contributed by atoms with Gasteiger partial charge in [-0.05, 0) is 17.3 Å². The predicted molar refractivity (Wildman–Crippen MR) is 133 cm³/mol. The maximum atomic E-state index is 2.56. The Balaban J connectivity index is 0.00000121. The van der Waals surface area contributed by atoms with E-state index in [1.54, 1.807) is 26.9 Å². The molecule has 0 fully saturated rings. The second-order valence-electron chi connectivity index (χ2n) is 11.7. The van der Waals surface area contributed by atoms with Gasteiger partial charge in [-0.2, -0.15) is 0 Å². The van der Waals surface area contributed by atoms with Gasteiger partial charge in [0.2, 0.25) is 0 Å². The molecule has 0 saturated heterocycles. The summed E-state index contributed by atoms with van der Waals surface area (Å²) in [7, 11) is -1.48. The van der Waals surface area contributed by atoms with Crippen LogP contribution in [0.1, 0.15) is 64.7 Å². The minimum absolute atomic E-state index is 0. The average Bonchev–Trinajstić information content (AvgIpc) is 3.04. The molecule has 0 aromatic heterocycles. The Morgan fingerprint density at radius 2 is 1.56 bits per heavy atom. The molecule has 4 heteroatoms. The summed E-state index contributed by atoms with van der Waals surface area (Å²) in [5.74, 6) is 0. The minimum atomic E-state index is -1.48. The molecule has 0 N–H and O–H groups in total. The SMILES string of the molecule is CC(C)(C)c1ccc2c(c1)[cH-]c1c(C3=CC=CC3)c(C(C)(C)C)c3c(c12)[Si]3(C)C.[Cl-].[Cl-].[Zr+3]. The summed E-state index contributed by atoms with van der Waals surface area (Å²) in [6, 6.07) is 9.72. The van der Waals surface area contributed by atoms with E-state index in [0.717, 1.165) is 6.42 Å². The van der Waals surface area contributed by atoms with E-state index in [1.165, 1.54) is 27.3 Å². The van der Waals surface area contributed by atoms with Gasteiger partial charge in [-0.25, -0.2) is 0 Å². The number of rotatable bonds is 1. The van der Waals surface area contributed by atoms with Crippen LogP contribution in [0.15, 0.2) is 42.5 Å². The molecule has 0 saturated carbocycles. The van der Waals surface area contributed by atoms with Crippen molar-refractivity contribution >= 4 is 45.6 Å². The molecular weight excluding hydrogens is 527 g/mol. The van der Waals surface area contributed by atoms with Gasteiger partial charge >= 0.3 is 26.2 Å². The first-order valence-electron chi connectivity index (χ1n) is 11.0. The van der Waals surface area contributed by atoms with Gasteiger partial charge in [0.25, 0.3) is 0 Å². The summed E-state index contributed by atoms with van der Waals surface area (Å²) < 4.78 is 0. The quantitative estimate of drug-likeness (QED) is 0.306. The molecule has 0 nitrogen and oxygen atoms in total. The summed E-state index contributed by atoms with van der Waals surface area (Å²) >= 11 is 0. The molecule has 32 heavy (non-hydrogen) atoms. The topological polar surface area (TPSA) is 0 Å². The van der Waals surface area contributed by atoms with Crippen LogP contribution >= 0.6 is 0 Å². The number of fused-ring (bicyclic) bond motifs is 5. The molecule has 0 amide bonds. The Kier molecular flexibility index (Phi) is 7.45. The van der Waals surface area contributed by atoms with Crippen molar-refractivity contribution in [2.75, 3.05) is 0 Å². The Labute approximate surface area is 226 Å². The largest absolute Gasteiger partial charge is 3.00 e. The van der Waals surface area contributed by atoms with E-state index in [2.05, 4.69) is 97.1 Å². The summed E-state index contributed by atoms with van der Waals surface area (Å²) in [6.07, 6.45) is 7.96. The van der Waals surface area contributed by atoms with Crippen molar-refractivity contribution in [2.24, 2.45) is 0 Å². The van der Waals surface area contributed by atoms with Crippen molar-refractivity contribution in [3.05, 3.63) is 59.2 Å². The molecule has 2 aliphatic rings. The molecule has 3 aromatic rings. The molecule has 1 radical (unpaired) electrons. The Morgan fingerprint density at radius 1 is 0.906 bits per heavy atom. The molecule has 0 unspecified atom stereocenters. The number of allylic oxidation sites excluding steroid dienone is 4.